The van der Waals surface area contributed by atoms with Crippen LogP contribution in [0.2, 0.25) is 0 Å². The van der Waals surface area contributed by atoms with Crippen LogP contribution in [0.15, 0.2) is 34.2 Å². The van der Waals surface area contributed by atoms with E-state index in [2.05, 4.69) is 15.3 Å². The predicted molar refractivity (Wildman–Crippen MR) is 106 cm³/mol. The molecule has 0 bridgehead atoms. The number of rotatable bonds is 6. The second-order valence-electron chi connectivity index (χ2n) is 5.84. The van der Waals surface area contributed by atoms with Crippen LogP contribution in [0, 0.1) is 0 Å². The number of esters is 1. The van der Waals surface area contributed by atoms with Crippen LogP contribution < -0.4 is 10.9 Å². The topological polar surface area (TPSA) is 101 Å². The first kappa shape index (κ1) is 19.5. The molecule has 27 heavy (non-hydrogen) atoms. The molecule has 1 aliphatic heterocycles. The zero-order valence-corrected chi connectivity index (χ0v) is 16.5. The first-order valence-electron chi connectivity index (χ1n) is 8.42. The maximum atomic E-state index is 12.4. The largest absolute Gasteiger partial charge is 0.462 e. The summed E-state index contributed by atoms with van der Waals surface area (Å²) < 4.78 is 4.93. The molecular formula is C18H19N3O4S2. The average molecular weight is 406 g/mol. The lowest BCUT2D eigenvalue weighted by atomic mass is 10.2. The molecule has 9 heteroatoms. The van der Waals surface area contributed by atoms with Crippen molar-refractivity contribution >= 4 is 41.1 Å². The molecule has 142 valence electrons. The summed E-state index contributed by atoms with van der Waals surface area (Å²) in [5.74, 6) is 0.784. The lowest BCUT2D eigenvalue weighted by Crippen LogP contribution is -2.23. The Morgan fingerprint density at radius 2 is 2.07 bits per heavy atom. The van der Waals surface area contributed by atoms with Gasteiger partial charge in [0.05, 0.1) is 23.1 Å². The Morgan fingerprint density at radius 1 is 1.33 bits per heavy atom. The van der Waals surface area contributed by atoms with Gasteiger partial charge in [-0.2, -0.15) is 11.8 Å². The van der Waals surface area contributed by atoms with E-state index in [-0.39, 0.29) is 11.5 Å². The van der Waals surface area contributed by atoms with E-state index in [1.165, 1.54) is 11.8 Å². The number of aromatic nitrogens is 2. The summed E-state index contributed by atoms with van der Waals surface area (Å²) in [6.07, 6.45) is 0. The third kappa shape index (κ3) is 4.72. The summed E-state index contributed by atoms with van der Waals surface area (Å²) in [6, 6.07) is 6.49. The number of hydrogen-bond donors (Lipinski definition) is 2. The van der Waals surface area contributed by atoms with Gasteiger partial charge in [0.2, 0.25) is 5.91 Å². The van der Waals surface area contributed by atoms with Gasteiger partial charge in [0.15, 0.2) is 5.16 Å². The van der Waals surface area contributed by atoms with Crippen LogP contribution in [0.25, 0.3) is 0 Å². The third-order valence-electron chi connectivity index (χ3n) is 3.89. The highest BCUT2D eigenvalue weighted by atomic mass is 32.2. The zero-order valence-electron chi connectivity index (χ0n) is 14.9. The van der Waals surface area contributed by atoms with Gasteiger partial charge in [-0.05, 0) is 38.1 Å². The number of nitrogens with zero attached hydrogens (tertiary/aromatic N) is 1. The van der Waals surface area contributed by atoms with Crippen LogP contribution in [-0.4, -0.2) is 33.7 Å². The van der Waals surface area contributed by atoms with E-state index in [4.69, 9.17) is 4.74 Å². The smallest absolute Gasteiger partial charge is 0.338 e. The van der Waals surface area contributed by atoms with Gasteiger partial charge in [-0.1, -0.05) is 11.8 Å². The van der Waals surface area contributed by atoms with Gasteiger partial charge in [-0.25, -0.2) is 9.78 Å². The van der Waals surface area contributed by atoms with E-state index in [1.54, 1.807) is 49.9 Å². The van der Waals surface area contributed by atoms with Crippen molar-refractivity contribution < 1.29 is 14.3 Å². The quantitative estimate of drug-likeness (QED) is 0.433. The molecule has 2 aromatic rings. The molecule has 2 heterocycles. The first-order valence-corrected chi connectivity index (χ1v) is 10.5. The molecule has 0 saturated carbocycles. The SMILES string of the molecule is CCOC(=O)c1ccc(NC(=O)C(C)Sc2nc3c(c(=O)[nH]2)CSC3)cc1. The van der Waals surface area contributed by atoms with Gasteiger partial charge in [0.1, 0.15) is 0 Å². The fraction of sp³-hybridized carbons (Fsp3) is 0.333. The Balaban J connectivity index is 1.62. The van der Waals surface area contributed by atoms with Crippen LogP contribution >= 0.6 is 23.5 Å². The predicted octanol–water partition coefficient (Wildman–Crippen LogP) is 2.81. The van der Waals surface area contributed by atoms with Gasteiger partial charge in [0, 0.05) is 22.8 Å². The Morgan fingerprint density at radius 3 is 2.78 bits per heavy atom. The number of anilines is 1. The number of thioether (sulfide) groups is 2. The van der Waals surface area contributed by atoms with E-state index in [1.807, 2.05) is 0 Å². The number of amides is 1. The number of fused-ring (bicyclic) bond motifs is 1. The number of carbonyl (C=O) groups excluding carboxylic acids is 2. The van der Waals surface area contributed by atoms with Gasteiger partial charge in [-0.3, -0.25) is 9.59 Å². The molecular weight excluding hydrogens is 386 g/mol. The average Bonchev–Trinajstić information content (AvgIpc) is 3.11. The Kier molecular flexibility index (Phi) is 6.22. The molecule has 0 spiro atoms. The van der Waals surface area contributed by atoms with Crippen molar-refractivity contribution in [2.45, 2.75) is 35.8 Å². The minimum atomic E-state index is -0.454. The van der Waals surface area contributed by atoms with Crippen molar-refractivity contribution in [3.05, 3.63) is 51.4 Å². The number of benzene rings is 1. The lowest BCUT2D eigenvalue weighted by molar-refractivity contribution is -0.115. The number of carbonyl (C=O) groups is 2. The summed E-state index contributed by atoms with van der Waals surface area (Å²) in [5, 5.41) is 2.78. The van der Waals surface area contributed by atoms with Crippen LogP contribution in [-0.2, 0) is 21.0 Å². The molecule has 0 saturated heterocycles. The van der Waals surface area contributed by atoms with Gasteiger partial charge >= 0.3 is 5.97 Å². The fourth-order valence-corrected chi connectivity index (χ4v) is 4.32. The van der Waals surface area contributed by atoms with Crippen LogP contribution in [0.5, 0.6) is 0 Å². The molecule has 1 aromatic heterocycles. The molecule has 1 unspecified atom stereocenters. The first-order chi connectivity index (χ1) is 13.0. The normalized spacial score (nSPS) is 13.7. The van der Waals surface area contributed by atoms with E-state index in [0.29, 0.717) is 28.8 Å². The van der Waals surface area contributed by atoms with Crippen molar-refractivity contribution in [1.82, 2.24) is 9.97 Å². The molecule has 0 aliphatic carbocycles. The van der Waals surface area contributed by atoms with Crippen molar-refractivity contribution in [2.75, 3.05) is 11.9 Å². The molecule has 3 rings (SSSR count). The van der Waals surface area contributed by atoms with E-state index in [0.717, 1.165) is 17.0 Å². The zero-order chi connectivity index (χ0) is 19.4. The number of nitrogens with one attached hydrogen (secondary N) is 2. The second-order valence-corrected chi connectivity index (χ2v) is 8.15. The van der Waals surface area contributed by atoms with E-state index in [9.17, 15) is 14.4 Å². The Labute approximate surface area is 164 Å². The molecule has 7 nitrogen and oxygen atoms in total. The van der Waals surface area contributed by atoms with Crippen LogP contribution in [0.3, 0.4) is 0 Å². The monoisotopic (exact) mass is 405 g/mol. The molecule has 1 aliphatic rings. The number of hydrogen-bond acceptors (Lipinski definition) is 7. The minimum absolute atomic E-state index is 0.130. The highest BCUT2D eigenvalue weighted by Crippen LogP contribution is 2.28. The highest BCUT2D eigenvalue weighted by molar-refractivity contribution is 8.00. The lowest BCUT2D eigenvalue weighted by Gasteiger charge is -2.12. The summed E-state index contributed by atoms with van der Waals surface area (Å²) in [4.78, 5) is 43.3. The van der Waals surface area contributed by atoms with Crippen molar-refractivity contribution in [3.8, 4) is 0 Å². The van der Waals surface area contributed by atoms with Gasteiger partial charge in [0.25, 0.3) is 5.56 Å². The fourth-order valence-electron chi connectivity index (χ4n) is 2.46. The summed E-state index contributed by atoms with van der Waals surface area (Å²) in [6.45, 7) is 3.80. The number of H-pyrrole nitrogens is 1. The second kappa shape index (κ2) is 8.62. The highest BCUT2D eigenvalue weighted by Gasteiger charge is 2.21. The molecule has 1 amide bonds. The van der Waals surface area contributed by atoms with Crippen LogP contribution in [0.1, 0.15) is 35.5 Å². The van der Waals surface area contributed by atoms with E-state index < -0.39 is 11.2 Å². The molecule has 1 atom stereocenters. The minimum Gasteiger partial charge on any atom is -0.462 e. The number of aromatic amines is 1. The van der Waals surface area contributed by atoms with Gasteiger partial charge in [-0.15, -0.1) is 0 Å². The summed E-state index contributed by atoms with van der Waals surface area (Å²) >= 11 is 2.86. The number of ether oxygens (including phenoxy) is 1. The van der Waals surface area contributed by atoms with Gasteiger partial charge < -0.3 is 15.0 Å². The standard InChI is InChI=1S/C18H19N3O4S2/c1-3-25-17(24)11-4-6-12(7-5-11)19-15(22)10(2)27-18-20-14-9-26-8-13(14)16(23)21-18/h4-7,10H,3,8-9H2,1-2H3,(H,19,22)(H,20,21,23). The summed E-state index contributed by atoms with van der Waals surface area (Å²) in [7, 11) is 0. The third-order valence-corrected chi connectivity index (χ3v) is 5.84. The summed E-state index contributed by atoms with van der Waals surface area (Å²) in [5.41, 5.74) is 2.40. The Hall–Kier alpha value is -2.26. The molecule has 0 radical (unpaired) electrons. The molecule has 2 N–H and O–H groups in total. The van der Waals surface area contributed by atoms with E-state index >= 15 is 0 Å². The maximum Gasteiger partial charge on any atom is 0.338 e. The molecule has 0 fully saturated rings. The molecule has 1 aromatic carbocycles. The van der Waals surface area contributed by atoms with Crippen molar-refractivity contribution in [1.29, 1.82) is 0 Å². The van der Waals surface area contributed by atoms with Crippen molar-refractivity contribution in [2.24, 2.45) is 0 Å². The Bertz CT molecular complexity index is 912. The van der Waals surface area contributed by atoms with Crippen molar-refractivity contribution in [3.63, 3.8) is 0 Å². The van der Waals surface area contributed by atoms with Crippen LogP contribution in [0.4, 0.5) is 5.69 Å². The maximum absolute atomic E-state index is 12.4.